The van der Waals surface area contributed by atoms with Crippen LogP contribution in [0.1, 0.15) is 33.1 Å². The summed E-state index contributed by atoms with van der Waals surface area (Å²) in [4.78, 5) is 0. The van der Waals surface area contributed by atoms with Crippen LogP contribution in [0.5, 0.6) is 5.75 Å². The van der Waals surface area contributed by atoms with Gasteiger partial charge in [-0.05, 0) is 30.4 Å². The Hall–Kier alpha value is -0.700. The quantitative estimate of drug-likeness (QED) is 0.890. The van der Waals surface area contributed by atoms with Gasteiger partial charge in [-0.1, -0.05) is 36.2 Å². The van der Waals surface area contributed by atoms with Gasteiger partial charge in [-0.25, -0.2) is 0 Å². The van der Waals surface area contributed by atoms with Crippen molar-refractivity contribution in [2.75, 3.05) is 12.4 Å². The molecule has 0 aromatic heterocycles. The van der Waals surface area contributed by atoms with Gasteiger partial charge < -0.3 is 10.1 Å². The van der Waals surface area contributed by atoms with Crippen molar-refractivity contribution >= 4 is 21.6 Å². The number of nitrogens with one attached hydrogen (secondary N) is 1. The summed E-state index contributed by atoms with van der Waals surface area (Å²) in [6.45, 7) is 4.68. The van der Waals surface area contributed by atoms with Gasteiger partial charge in [0.05, 0.1) is 7.11 Å². The second-order valence-corrected chi connectivity index (χ2v) is 6.37. The SMILES string of the molecule is COc1cc(Br)cc(NC2CCCC2(C)C)c1. The third-order valence-corrected chi connectivity index (χ3v) is 4.16. The van der Waals surface area contributed by atoms with Crippen LogP contribution in [-0.2, 0) is 0 Å². The highest BCUT2D eigenvalue weighted by Gasteiger charge is 2.34. The number of anilines is 1. The van der Waals surface area contributed by atoms with E-state index in [1.54, 1.807) is 7.11 Å². The van der Waals surface area contributed by atoms with Crippen LogP contribution in [0, 0.1) is 5.41 Å². The molecule has 1 unspecified atom stereocenters. The summed E-state index contributed by atoms with van der Waals surface area (Å²) in [5.74, 6) is 0.887. The summed E-state index contributed by atoms with van der Waals surface area (Å²) >= 11 is 3.51. The molecule has 1 fully saturated rings. The van der Waals surface area contributed by atoms with E-state index in [4.69, 9.17) is 4.74 Å². The summed E-state index contributed by atoms with van der Waals surface area (Å²) in [7, 11) is 1.70. The minimum Gasteiger partial charge on any atom is -0.497 e. The van der Waals surface area contributed by atoms with Crippen LogP contribution >= 0.6 is 15.9 Å². The topological polar surface area (TPSA) is 21.3 Å². The number of methoxy groups -OCH3 is 1. The van der Waals surface area contributed by atoms with Crippen molar-refractivity contribution in [1.82, 2.24) is 0 Å². The Bertz CT molecular complexity index is 403. The van der Waals surface area contributed by atoms with E-state index in [9.17, 15) is 0 Å². The van der Waals surface area contributed by atoms with Crippen molar-refractivity contribution in [2.24, 2.45) is 5.41 Å². The molecule has 2 rings (SSSR count). The first-order valence-corrected chi connectivity index (χ1v) is 6.92. The predicted molar refractivity (Wildman–Crippen MR) is 75.7 cm³/mol. The molecule has 1 aliphatic rings. The first-order valence-electron chi connectivity index (χ1n) is 6.12. The lowest BCUT2D eigenvalue weighted by Crippen LogP contribution is -2.30. The molecule has 0 heterocycles. The van der Waals surface area contributed by atoms with Crippen molar-refractivity contribution in [1.29, 1.82) is 0 Å². The van der Waals surface area contributed by atoms with Gasteiger partial charge in [-0.15, -0.1) is 0 Å². The molecule has 0 aliphatic heterocycles. The van der Waals surface area contributed by atoms with Crippen LogP contribution in [0.4, 0.5) is 5.69 Å². The molecule has 3 heteroatoms. The maximum Gasteiger partial charge on any atom is 0.122 e. The summed E-state index contributed by atoms with van der Waals surface area (Å²) in [5, 5.41) is 3.64. The number of hydrogen-bond donors (Lipinski definition) is 1. The van der Waals surface area contributed by atoms with E-state index in [0.29, 0.717) is 11.5 Å². The van der Waals surface area contributed by atoms with E-state index >= 15 is 0 Å². The van der Waals surface area contributed by atoms with Crippen LogP contribution in [0.15, 0.2) is 22.7 Å². The molecule has 0 spiro atoms. The number of ether oxygens (including phenoxy) is 1. The zero-order chi connectivity index (χ0) is 12.5. The van der Waals surface area contributed by atoms with Gasteiger partial charge in [0.25, 0.3) is 0 Å². The standard InChI is InChI=1S/C14H20BrNO/c1-14(2)6-4-5-13(14)16-11-7-10(15)8-12(9-11)17-3/h7-9,13,16H,4-6H2,1-3H3. The first kappa shape index (κ1) is 12.7. The Labute approximate surface area is 112 Å². The molecule has 2 nitrogen and oxygen atoms in total. The van der Waals surface area contributed by atoms with Crippen LogP contribution in [0.25, 0.3) is 0 Å². The summed E-state index contributed by atoms with van der Waals surface area (Å²) in [6.07, 6.45) is 3.87. The third kappa shape index (κ3) is 2.95. The molecule has 0 radical (unpaired) electrons. The monoisotopic (exact) mass is 297 g/mol. The smallest absolute Gasteiger partial charge is 0.122 e. The average molecular weight is 298 g/mol. The second kappa shape index (κ2) is 4.89. The van der Waals surface area contributed by atoms with Crippen molar-refractivity contribution in [3.05, 3.63) is 22.7 Å². The average Bonchev–Trinajstić information content (AvgIpc) is 2.57. The predicted octanol–water partition coefficient (Wildman–Crippen LogP) is 4.45. The highest BCUT2D eigenvalue weighted by atomic mass is 79.9. The summed E-state index contributed by atoms with van der Waals surface area (Å²) in [6, 6.07) is 6.70. The van der Waals surface area contributed by atoms with Crippen LogP contribution in [0.3, 0.4) is 0 Å². The molecule has 0 saturated heterocycles. The molecule has 1 aromatic rings. The molecule has 1 aliphatic carbocycles. The van der Waals surface area contributed by atoms with E-state index in [0.717, 1.165) is 15.9 Å². The Kier molecular flexibility index (Phi) is 3.67. The number of rotatable bonds is 3. The molecule has 0 amide bonds. The fraction of sp³-hybridized carbons (Fsp3) is 0.571. The van der Waals surface area contributed by atoms with E-state index in [1.807, 2.05) is 6.07 Å². The van der Waals surface area contributed by atoms with Crippen molar-refractivity contribution < 1.29 is 4.74 Å². The van der Waals surface area contributed by atoms with Gasteiger partial charge in [0, 0.05) is 22.3 Å². The first-order chi connectivity index (χ1) is 8.01. The minimum atomic E-state index is 0.384. The number of halogens is 1. The molecular weight excluding hydrogens is 278 g/mol. The lowest BCUT2D eigenvalue weighted by atomic mass is 9.87. The molecule has 17 heavy (non-hydrogen) atoms. The zero-order valence-electron chi connectivity index (χ0n) is 10.7. The van der Waals surface area contributed by atoms with Crippen molar-refractivity contribution in [3.8, 4) is 5.75 Å². The largest absolute Gasteiger partial charge is 0.497 e. The second-order valence-electron chi connectivity index (χ2n) is 5.46. The van der Waals surface area contributed by atoms with E-state index in [1.165, 1.54) is 19.3 Å². The fourth-order valence-corrected chi connectivity index (χ4v) is 3.03. The van der Waals surface area contributed by atoms with Crippen LogP contribution in [-0.4, -0.2) is 13.2 Å². The number of benzene rings is 1. The van der Waals surface area contributed by atoms with Crippen molar-refractivity contribution in [3.63, 3.8) is 0 Å². The highest BCUT2D eigenvalue weighted by molar-refractivity contribution is 9.10. The maximum atomic E-state index is 5.28. The molecule has 1 atom stereocenters. The van der Waals surface area contributed by atoms with Crippen LogP contribution in [0.2, 0.25) is 0 Å². The Morgan fingerprint density at radius 1 is 1.35 bits per heavy atom. The fourth-order valence-electron chi connectivity index (χ4n) is 2.56. The lowest BCUT2D eigenvalue weighted by Gasteiger charge is -2.29. The highest BCUT2D eigenvalue weighted by Crippen LogP contribution is 2.39. The van der Waals surface area contributed by atoms with E-state index in [2.05, 4.69) is 47.2 Å². The van der Waals surface area contributed by atoms with E-state index < -0.39 is 0 Å². The summed E-state index contributed by atoms with van der Waals surface area (Å²) in [5.41, 5.74) is 1.52. The number of hydrogen-bond acceptors (Lipinski definition) is 2. The van der Waals surface area contributed by atoms with Crippen molar-refractivity contribution in [2.45, 2.75) is 39.2 Å². The summed E-state index contributed by atoms with van der Waals surface area (Å²) < 4.78 is 6.33. The van der Waals surface area contributed by atoms with Gasteiger partial charge in [-0.3, -0.25) is 0 Å². The van der Waals surface area contributed by atoms with Gasteiger partial charge >= 0.3 is 0 Å². The Morgan fingerprint density at radius 2 is 2.12 bits per heavy atom. The third-order valence-electron chi connectivity index (χ3n) is 3.71. The van der Waals surface area contributed by atoms with Gasteiger partial charge in [0.2, 0.25) is 0 Å². The molecule has 1 N–H and O–H groups in total. The molecule has 0 bridgehead atoms. The zero-order valence-corrected chi connectivity index (χ0v) is 12.3. The maximum absolute atomic E-state index is 5.28. The minimum absolute atomic E-state index is 0.384. The molecule has 94 valence electrons. The van der Waals surface area contributed by atoms with E-state index in [-0.39, 0.29) is 0 Å². The van der Waals surface area contributed by atoms with Gasteiger partial charge in [-0.2, -0.15) is 0 Å². The lowest BCUT2D eigenvalue weighted by molar-refractivity contribution is 0.350. The Morgan fingerprint density at radius 3 is 2.71 bits per heavy atom. The molecule has 1 saturated carbocycles. The normalized spacial score (nSPS) is 22.5. The molecular formula is C14H20BrNO. The van der Waals surface area contributed by atoms with Gasteiger partial charge in [0.1, 0.15) is 5.75 Å². The van der Waals surface area contributed by atoms with Gasteiger partial charge in [0.15, 0.2) is 0 Å². The molecule has 1 aromatic carbocycles. The van der Waals surface area contributed by atoms with Crippen LogP contribution < -0.4 is 10.1 Å². The Balaban J connectivity index is 2.15.